The Kier molecular flexibility index (Phi) is 6.47. The van der Waals surface area contributed by atoms with E-state index in [1.807, 2.05) is 32.4 Å². The molecule has 1 N–H and O–H groups in total. The van der Waals surface area contributed by atoms with Crippen LogP contribution in [-0.4, -0.2) is 41.1 Å². The zero-order valence-corrected chi connectivity index (χ0v) is 15.9. The van der Waals surface area contributed by atoms with E-state index in [0.29, 0.717) is 5.15 Å². The first-order chi connectivity index (χ1) is 11.0. The minimum atomic E-state index is 0.519. The third kappa shape index (κ3) is 5.25. The highest BCUT2D eigenvalue weighted by Crippen LogP contribution is 2.15. The molecule has 0 spiro atoms. The van der Waals surface area contributed by atoms with Crippen molar-refractivity contribution in [3.63, 3.8) is 0 Å². The Morgan fingerprint density at radius 3 is 2.83 bits per heavy atom. The number of hydrogen-bond acceptors (Lipinski definition) is 2. The van der Waals surface area contributed by atoms with Gasteiger partial charge in [-0.3, -0.25) is 4.99 Å². The maximum atomic E-state index is 5.79. The molecule has 0 amide bonds. The summed E-state index contributed by atoms with van der Waals surface area (Å²) in [6.07, 6.45) is 4.72. The molecule has 124 valence electrons. The minimum absolute atomic E-state index is 0.519. The van der Waals surface area contributed by atoms with Crippen molar-refractivity contribution in [3.05, 3.63) is 51.5 Å². The number of halogens is 2. The van der Waals surface area contributed by atoms with Crippen LogP contribution in [0.25, 0.3) is 0 Å². The van der Waals surface area contributed by atoms with E-state index in [0.717, 1.165) is 35.5 Å². The minimum Gasteiger partial charge on any atom is -0.356 e. The molecule has 7 heteroatoms. The highest BCUT2D eigenvalue weighted by Gasteiger charge is 2.09. The van der Waals surface area contributed by atoms with Gasteiger partial charge in [0.25, 0.3) is 0 Å². The standard InChI is InChI=1S/C16H21BrClN5/c1-19-16(20-7-6-12-4-5-15(18)21-9-12)23(3)11-14-8-13(17)10-22(14)2/h4-5,8-10H,6-7,11H2,1-3H3,(H,19,20). The first-order valence-corrected chi connectivity index (χ1v) is 8.49. The molecule has 0 saturated heterocycles. The van der Waals surface area contributed by atoms with Gasteiger partial charge in [-0.2, -0.15) is 0 Å². The molecule has 0 fully saturated rings. The Morgan fingerprint density at radius 2 is 2.26 bits per heavy atom. The van der Waals surface area contributed by atoms with Gasteiger partial charge >= 0.3 is 0 Å². The number of guanidine groups is 1. The maximum absolute atomic E-state index is 5.79. The second kappa shape index (κ2) is 8.36. The lowest BCUT2D eigenvalue weighted by Gasteiger charge is -2.22. The van der Waals surface area contributed by atoms with Gasteiger partial charge in [-0.1, -0.05) is 17.7 Å². The summed E-state index contributed by atoms with van der Waals surface area (Å²) in [6.45, 7) is 1.57. The Bertz CT molecular complexity index is 666. The second-order valence-corrected chi connectivity index (χ2v) is 6.63. The highest BCUT2D eigenvalue weighted by molar-refractivity contribution is 9.10. The van der Waals surface area contributed by atoms with E-state index < -0.39 is 0 Å². The lowest BCUT2D eigenvalue weighted by Crippen LogP contribution is -2.39. The number of aliphatic imine (C=N–C) groups is 1. The zero-order chi connectivity index (χ0) is 16.8. The first kappa shape index (κ1) is 17.8. The van der Waals surface area contributed by atoms with Crippen LogP contribution in [0.1, 0.15) is 11.3 Å². The van der Waals surface area contributed by atoms with E-state index in [1.54, 1.807) is 13.2 Å². The summed E-state index contributed by atoms with van der Waals surface area (Å²) in [4.78, 5) is 10.5. The summed E-state index contributed by atoms with van der Waals surface area (Å²) in [5.74, 6) is 0.865. The van der Waals surface area contributed by atoms with Crippen molar-refractivity contribution in [2.45, 2.75) is 13.0 Å². The number of aryl methyl sites for hydroxylation is 1. The molecule has 2 heterocycles. The van der Waals surface area contributed by atoms with Crippen LogP contribution in [0.3, 0.4) is 0 Å². The van der Waals surface area contributed by atoms with Crippen molar-refractivity contribution in [3.8, 4) is 0 Å². The third-order valence-corrected chi connectivity index (χ3v) is 4.19. The largest absolute Gasteiger partial charge is 0.356 e. The molecule has 0 aliphatic rings. The van der Waals surface area contributed by atoms with Gasteiger partial charge in [-0.15, -0.1) is 0 Å². The van der Waals surface area contributed by atoms with Crippen LogP contribution in [0.4, 0.5) is 0 Å². The van der Waals surface area contributed by atoms with E-state index in [4.69, 9.17) is 11.6 Å². The number of pyridine rings is 1. The maximum Gasteiger partial charge on any atom is 0.193 e. The summed E-state index contributed by atoms with van der Waals surface area (Å²) in [6, 6.07) is 5.92. The Morgan fingerprint density at radius 1 is 1.48 bits per heavy atom. The van der Waals surface area contributed by atoms with Gasteiger partial charge in [-0.05, 0) is 40.0 Å². The van der Waals surface area contributed by atoms with Gasteiger partial charge in [-0.25, -0.2) is 4.98 Å². The Hall–Kier alpha value is -1.53. The van der Waals surface area contributed by atoms with Crippen LogP contribution in [0.5, 0.6) is 0 Å². The molecule has 0 aliphatic heterocycles. The number of aromatic nitrogens is 2. The van der Waals surface area contributed by atoms with Gasteiger partial charge in [0.05, 0.1) is 6.54 Å². The summed E-state index contributed by atoms with van der Waals surface area (Å²) in [5.41, 5.74) is 2.36. The van der Waals surface area contributed by atoms with Gasteiger partial charge in [0.2, 0.25) is 0 Å². The molecule has 2 rings (SSSR count). The lowest BCUT2D eigenvalue weighted by molar-refractivity contribution is 0.462. The number of rotatable bonds is 5. The van der Waals surface area contributed by atoms with E-state index in [-0.39, 0.29) is 0 Å². The zero-order valence-electron chi connectivity index (χ0n) is 13.6. The van der Waals surface area contributed by atoms with Crippen molar-refractivity contribution in [2.24, 2.45) is 12.0 Å². The number of hydrogen-bond donors (Lipinski definition) is 1. The highest BCUT2D eigenvalue weighted by atomic mass is 79.9. The third-order valence-electron chi connectivity index (χ3n) is 3.53. The average Bonchev–Trinajstić information content (AvgIpc) is 2.83. The fraction of sp³-hybridized carbons (Fsp3) is 0.375. The van der Waals surface area contributed by atoms with Crippen LogP contribution < -0.4 is 5.32 Å². The van der Waals surface area contributed by atoms with Crippen molar-refractivity contribution in [1.29, 1.82) is 0 Å². The van der Waals surface area contributed by atoms with Crippen molar-refractivity contribution in [2.75, 3.05) is 20.6 Å². The van der Waals surface area contributed by atoms with E-state index in [9.17, 15) is 0 Å². The molecule has 0 saturated carbocycles. The smallest absolute Gasteiger partial charge is 0.193 e. The average molecular weight is 399 g/mol. The monoisotopic (exact) mass is 397 g/mol. The summed E-state index contributed by atoms with van der Waals surface area (Å²) in [7, 11) is 5.86. The van der Waals surface area contributed by atoms with Gasteiger partial charge in [0.1, 0.15) is 5.15 Å². The van der Waals surface area contributed by atoms with Crippen LogP contribution in [-0.2, 0) is 20.0 Å². The molecule has 0 bridgehead atoms. The van der Waals surface area contributed by atoms with E-state index in [1.165, 1.54) is 5.69 Å². The predicted octanol–water partition coefficient (Wildman–Crippen LogP) is 3.09. The Labute approximate surface area is 150 Å². The van der Waals surface area contributed by atoms with Crippen LogP contribution in [0.2, 0.25) is 5.15 Å². The number of nitrogens with one attached hydrogen (secondary N) is 1. The fourth-order valence-corrected chi connectivity index (χ4v) is 2.98. The molecule has 0 unspecified atom stereocenters. The Balaban J connectivity index is 1.87. The van der Waals surface area contributed by atoms with Crippen LogP contribution in [0.15, 0.2) is 40.1 Å². The molecular weight excluding hydrogens is 378 g/mol. The normalized spacial score (nSPS) is 11.6. The van der Waals surface area contributed by atoms with Gasteiger partial charge in [0, 0.05) is 50.2 Å². The summed E-state index contributed by atoms with van der Waals surface area (Å²) in [5, 5.41) is 3.89. The summed E-state index contributed by atoms with van der Waals surface area (Å²) < 4.78 is 3.19. The van der Waals surface area contributed by atoms with Crippen molar-refractivity contribution in [1.82, 2.24) is 19.8 Å². The summed E-state index contributed by atoms with van der Waals surface area (Å²) >= 11 is 9.29. The van der Waals surface area contributed by atoms with Crippen molar-refractivity contribution >= 4 is 33.5 Å². The van der Waals surface area contributed by atoms with Gasteiger partial charge < -0.3 is 14.8 Å². The molecule has 2 aromatic rings. The van der Waals surface area contributed by atoms with Gasteiger partial charge in [0.15, 0.2) is 5.96 Å². The van der Waals surface area contributed by atoms with E-state index in [2.05, 4.69) is 46.8 Å². The SMILES string of the molecule is CN=C(NCCc1ccc(Cl)nc1)N(C)Cc1cc(Br)cn1C. The van der Waals surface area contributed by atoms with Crippen LogP contribution in [0, 0.1) is 0 Å². The molecule has 0 atom stereocenters. The molecular formula is C16H21BrClN5. The molecule has 0 aromatic carbocycles. The fourth-order valence-electron chi connectivity index (χ4n) is 2.30. The quantitative estimate of drug-likeness (QED) is 0.478. The van der Waals surface area contributed by atoms with Crippen molar-refractivity contribution < 1.29 is 0 Å². The van der Waals surface area contributed by atoms with E-state index >= 15 is 0 Å². The molecule has 0 aliphatic carbocycles. The first-order valence-electron chi connectivity index (χ1n) is 7.32. The number of nitrogens with zero attached hydrogens (tertiary/aromatic N) is 4. The topological polar surface area (TPSA) is 45.5 Å². The lowest BCUT2D eigenvalue weighted by atomic mass is 10.2. The molecule has 2 aromatic heterocycles. The molecule has 23 heavy (non-hydrogen) atoms. The van der Waals surface area contributed by atoms with Crippen LogP contribution >= 0.6 is 27.5 Å². The molecule has 0 radical (unpaired) electrons. The molecule has 5 nitrogen and oxygen atoms in total. The second-order valence-electron chi connectivity index (χ2n) is 5.33. The predicted molar refractivity (Wildman–Crippen MR) is 98.9 cm³/mol.